The highest BCUT2D eigenvalue weighted by molar-refractivity contribution is 5.54. The number of aromatic nitrogens is 2. The Morgan fingerprint density at radius 3 is 3.06 bits per heavy atom. The minimum atomic E-state index is 0.395. The van der Waals surface area contributed by atoms with Gasteiger partial charge in [0.1, 0.15) is 5.82 Å². The van der Waals surface area contributed by atoms with Crippen LogP contribution in [-0.2, 0) is 6.42 Å². The molecule has 1 aromatic rings. The van der Waals surface area contributed by atoms with E-state index in [1.54, 1.807) is 0 Å². The van der Waals surface area contributed by atoms with Gasteiger partial charge >= 0.3 is 0 Å². The van der Waals surface area contributed by atoms with Crippen LogP contribution in [0.3, 0.4) is 0 Å². The van der Waals surface area contributed by atoms with E-state index in [-0.39, 0.29) is 0 Å². The average molecular weight is 233 g/mol. The molecule has 92 valence electrons. The standard InChI is InChI=1S/C12H19N5/c1-17-7-3-2-4-9(17)10-8-5-6-14-11(8)16-12(13)15-10/h9H,2-7H2,1H3,(H3,13,14,15,16). The molecule has 1 unspecified atom stereocenters. The molecule has 2 aliphatic rings. The van der Waals surface area contributed by atoms with Gasteiger partial charge in [-0.3, -0.25) is 4.90 Å². The minimum absolute atomic E-state index is 0.395. The third-order valence-corrected chi connectivity index (χ3v) is 3.81. The zero-order valence-electron chi connectivity index (χ0n) is 10.2. The fourth-order valence-corrected chi connectivity index (χ4v) is 2.91. The van der Waals surface area contributed by atoms with Crippen molar-refractivity contribution in [2.75, 3.05) is 31.2 Å². The predicted molar refractivity (Wildman–Crippen MR) is 67.9 cm³/mol. The summed E-state index contributed by atoms with van der Waals surface area (Å²) in [5.41, 5.74) is 8.23. The summed E-state index contributed by atoms with van der Waals surface area (Å²) < 4.78 is 0. The summed E-state index contributed by atoms with van der Waals surface area (Å²) in [7, 11) is 2.18. The number of hydrogen-bond acceptors (Lipinski definition) is 5. The quantitative estimate of drug-likeness (QED) is 0.762. The topological polar surface area (TPSA) is 67.1 Å². The van der Waals surface area contributed by atoms with Crippen LogP contribution in [0.15, 0.2) is 0 Å². The van der Waals surface area contributed by atoms with Crippen LogP contribution >= 0.6 is 0 Å². The molecular formula is C12H19N5. The summed E-state index contributed by atoms with van der Waals surface area (Å²) in [6.07, 6.45) is 4.77. The van der Waals surface area contributed by atoms with Crippen LogP contribution < -0.4 is 11.1 Å². The Kier molecular flexibility index (Phi) is 2.63. The summed E-state index contributed by atoms with van der Waals surface area (Å²) in [6, 6.07) is 0.419. The van der Waals surface area contributed by atoms with Crippen molar-refractivity contribution >= 4 is 11.8 Å². The summed E-state index contributed by atoms with van der Waals surface area (Å²) in [5.74, 6) is 1.35. The molecule has 17 heavy (non-hydrogen) atoms. The molecule has 1 saturated heterocycles. The number of nitrogens with two attached hydrogens (primary N) is 1. The Bertz CT molecular complexity index is 431. The first kappa shape index (κ1) is 10.8. The first-order valence-electron chi connectivity index (χ1n) is 6.36. The van der Waals surface area contributed by atoms with Gasteiger partial charge in [0.2, 0.25) is 5.95 Å². The van der Waals surface area contributed by atoms with E-state index in [0.717, 1.165) is 31.0 Å². The van der Waals surface area contributed by atoms with Crippen LogP contribution in [0.4, 0.5) is 11.8 Å². The van der Waals surface area contributed by atoms with Gasteiger partial charge in [-0.1, -0.05) is 6.42 Å². The number of fused-ring (bicyclic) bond motifs is 1. The van der Waals surface area contributed by atoms with Crippen molar-refractivity contribution in [2.45, 2.75) is 31.7 Å². The number of anilines is 2. The molecule has 1 fully saturated rings. The van der Waals surface area contributed by atoms with E-state index >= 15 is 0 Å². The zero-order chi connectivity index (χ0) is 11.8. The van der Waals surface area contributed by atoms with E-state index in [1.807, 2.05) is 0 Å². The van der Waals surface area contributed by atoms with Crippen LogP contribution in [-0.4, -0.2) is 35.0 Å². The lowest BCUT2D eigenvalue weighted by molar-refractivity contribution is 0.183. The lowest BCUT2D eigenvalue weighted by atomic mass is 9.96. The van der Waals surface area contributed by atoms with Crippen LogP contribution in [0.25, 0.3) is 0 Å². The van der Waals surface area contributed by atoms with Gasteiger partial charge in [-0.25, -0.2) is 4.98 Å². The fourth-order valence-electron chi connectivity index (χ4n) is 2.91. The van der Waals surface area contributed by atoms with E-state index in [2.05, 4.69) is 27.2 Å². The predicted octanol–water partition coefficient (Wildman–Crippen LogP) is 1.18. The van der Waals surface area contributed by atoms with E-state index in [1.165, 1.54) is 24.8 Å². The van der Waals surface area contributed by atoms with Gasteiger partial charge in [-0.05, 0) is 32.9 Å². The second kappa shape index (κ2) is 4.14. The van der Waals surface area contributed by atoms with E-state index < -0.39 is 0 Å². The van der Waals surface area contributed by atoms with Gasteiger partial charge in [-0.2, -0.15) is 4.98 Å². The Morgan fingerprint density at radius 1 is 1.35 bits per heavy atom. The van der Waals surface area contributed by atoms with Crippen molar-refractivity contribution in [3.8, 4) is 0 Å². The molecule has 1 atom stereocenters. The lowest BCUT2D eigenvalue weighted by Gasteiger charge is -2.32. The normalized spacial score (nSPS) is 24.4. The van der Waals surface area contributed by atoms with Crippen LogP contribution in [0, 0.1) is 0 Å². The van der Waals surface area contributed by atoms with Gasteiger partial charge < -0.3 is 11.1 Å². The highest BCUT2D eigenvalue weighted by Gasteiger charge is 2.28. The van der Waals surface area contributed by atoms with Gasteiger partial charge in [0.15, 0.2) is 0 Å². The molecule has 3 heterocycles. The summed E-state index contributed by atoms with van der Waals surface area (Å²) in [5, 5.41) is 3.29. The van der Waals surface area contributed by atoms with Gasteiger partial charge in [0.05, 0.1) is 11.7 Å². The van der Waals surface area contributed by atoms with Crippen molar-refractivity contribution < 1.29 is 0 Å². The number of nitrogens with one attached hydrogen (secondary N) is 1. The highest BCUT2D eigenvalue weighted by atomic mass is 15.2. The van der Waals surface area contributed by atoms with Crippen molar-refractivity contribution in [3.05, 3.63) is 11.3 Å². The molecule has 0 radical (unpaired) electrons. The Hall–Kier alpha value is -1.36. The van der Waals surface area contributed by atoms with Crippen molar-refractivity contribution in [3.63, 3.8) is 0 Å². The molecule has 1 aromatic heterocycles. The number of likely N-dealkylation sites (tertiary alicyclic amines) is 1. The molecule has 0 spiro atoms. The Morgan fingerprint density at radius 2 is 2.24 bits per heavy atom. The number of nitrogens with zero attached hydrogens (tertiary/aromatic N) is 3. The van der Waals surface area contributed by atoms with E-state index in [0.29, 0.717) is 12.0 Å². The average Bonchev–Trinajstić information content (AvgIpc) is 2.76. The third-order valence-electron chi connectivity index (χ3n) is 3.81. The molecule has 5 heteroatoms. The highest BCUT2D eigenvalue weighted by Crippen LogP contribution is 2.34. The maximum atomic E-state index is 5.80. The number of rotatable bonds is 1. The van der Waals surface area contributed by atoms with Crippen LogP contribution in [0.2, 0.25) is 0 Å². The molecule has 5 nitrogen and oxygen atoms in total. The van der Waals surface area contributed by atoms with Gasteiger partial charge in [0, 0.05) is 12.1 Å². The lowest BCUT2D eigenvalue weighted by Crippen LogP contribution is -2.31. The summed E-state index contributed by atoms with van der Waals surface area (Å²) >= 11 is 0. The molecule has 0 saturated carbocycles. The summed E-state index contributed by atoms with van der Waals surface area (Å²) in [4.78, 5) is 11.2. The largest absolute Gasteiger partial charge is 0.369 e. The molecule has 0 aromatic carbocycles. The van der Waals surface area contributed by atoms with Crippen molar-refractivity contribution in [1.29, 1.82) is 0 Å². The van der Waals surface area contributed by atoms with Gasteiger partial charge in [0.25, 0.3) is 0 Å². The van der Waals surface area contributed by atoms with Crippen LogP contribution in [0.1, 0.15) is 36.6 Å². The Balaban J connectivity index is 2.01. The third kappa shape index (κ3) is 1.84. The summed E-state index contributed by atoms with van der Waals surface area (Å²) in [6.45, 7) is 2.10. The molecule has 3 N–H and O–H groups in total. The maximum Gasteiger partial charge on any atom is 0.222 e. The van der Waals surface area contributed by atoms with Gasteiger partial charge in [-0.15, -0.1) is 0 Å². The maximum absolute atomic E-state index is 5.80. The van der Waals surface area contributed by atoms with E-state index in [9.17, 15) is 0 Å². The van der Waals surface area contributed by atoms with Crippen LogP contribution in [0.5, 0.6) is 0 Å². The number of nitrogen functional groups attached to an aromatic ring is 1. The number of hydrogen-bond donors (Lipinski definition) is 2. The van der Waals surface area contributed by atoms with E-state index in [4.69, 9.17) is 5.73 Å². The smallest absolute Gasteiger partial charge is 0.222 e. The molecule has 2 aliphatic heterocycles. The first-order valence-corrected chi connectivity index (χ1v) is 6.36. The second-order valence-electron chi connectivity index (χ2n) is 4.96. The Labute approximate surface area is 101 Å². The first-order chi connectivity index (χ1) is 8.25. The molecule has 0 bridgehead atoms. The molecular weight excluding hydrogens is 214 g/mol. The number of piperidine rings is 1. The monoisotopic (exact) mass is 233 g/mol. The zero-order valence-corrected chi connectivity index (χ0v) is 10.2. The van der Waals surface area contributed by atoms with Crippen molar-refractivity contribution in [1.82, 2.24) is 14.9 Å². The van der Waals surface area contributed by atoms with Crippen molar-refractivity contribution in [2.24, 2.45) is 0 Å². The minimum Gasteiger partial charge on any atom is -0.369 e. The fraction of sp³-hybridized carbons (Fsp3) is 0.667. The SMILES string of the molecule is CN1CCCCC1c1nc(N)nc2c1CCN2. The molecule has 0 amide bonds. The molecule has 0 aliphatic carbocycles. The second-order valence-corrected chi connectivity index (χ2v) is 4.96. The molecule has 3 rings (SSSR count).